The standard InChI is InChI=1S/C12H15N3O/c1-8-5-6-9(2)15-7-10(13-11(8)15)12(16)14(3)4/h5-7H,1-4H3. The number of hydrogen-bond donors (Lipinski definition) is 0. The first-order valence-corrected chi connectivity index (χ1v) is 5.17. The second kappa shape index (κ2) is 3.63. The molecule has 0 saturated carbocycles. The third-order valence-electron chi connectivity index (χ3n) is 2.64. The molecule has 0 aromatic carbocycles. The molecule has 0 bridgehead atoms. The molecule has 0 aliphatic heterocycles. The Kier molecular flexibility index (Phi) is 2.42. The molecule has 0 aliphatic carbocycles. The van der Waals surface area contributed by atoms with Crippen molar-refractivity contribution in [2.45, 2.75) is 13.8 Å². The van der Waals surface area contributed by atoms with Gasteiger partial charge in [0.1, 0.15) is 11.3 Å². The number of rotatable bonds is 1. The number of hydrogen-bond acceptors (Lipinski definition) is 2. The van der Waals surface area contributed by atoms with Crippen molar-refractivity contribution in [3.63, 3.8) is 0 Å². The first-order chi connectivity index (χ1) is 7.50. The van der Waals surface area contributed by atoms with Crippen molar-refractivity contribution < 1.29 is 4.79 Å². The van der Waals surface area contributed by atoms with Crippen molar-refractivity contribution >= 4 is 11.6 Å². The Labute approximate surface area is 94.5 Å². The van der Waals surface area contributed by atoms with Crippen LogP contribution in [-0.2, 0) is 0 Å². The second-order valence-corrected chi connectivity index (χ2v) is 4.18. The molecule has 0 unspecified atom stereocenters. The summed E-state index contributed by atoms with van der Waals surface area (Å²) in [4.78, 5) is 17.7. The zero-order valence-corrected chi connectivity index (χ0v) is 9.98. The van der Waals surface area contributed by atoms with Gasteiger partial charge in [-0.3, -0.25) is 4.79 Å². The zero-order valence-electron chi connectivity index (χ0n) is 9.98. The summed E-state index contributed by atoms with van der Waals surface area (Å²) in [5, 5.41) is 0. The number of aromatic nitrogens is 2. The van der Waals surface area contributed by atoms with Crippen molar-refractivity contribution in [3.8, 4) is 0 Å². The van der Waals surface area contributed by atoms with E-state index in [9.17, 15) is 4.79 Å². The monoisotopic (exact) mass is 217 g/mol. The van der Waals surface area contributed by atoms with E-state index in [2.05, 4.69) is 4.98 Å². The van der Waals surface area contributed by atoms with Crippen LogP contribution >= 0.6 is 0 Å². The average Bonchev–Trinajstić information content (AvgIpc) is 2.68. The number of aryl methyl sites for hydroxylation is 2. The van der Waals surface area contributed by atoms with Gasteiger partial charge in [0, 0.05) is 26.0 Å². The van der Waals surface area contributed by atoms with Crippen LogP contribution in [0.1, 0.15) is 21.7 Å². The first-order valence-electron chi connectivity index (χ1n) is 5.17. The summed E-state index contributed by atoms with van der Waals surface area (Å²) in [6, 6.07) is 4.04. The molecule has 0 N–H and O–H groups in total. The molecule has 0 spiro atoms. The minimum atomic E-state index is -0.0671. The lowest BCUT2D eigenvalue weighted by Crippen LogP contribution is -2.21. The molecule has 2 aromatic rings. The minimum absolute atomic E-state index is 0.0671. The third-order valence-corrected chi connectivity index (χ3v) is 2.64. The highest BCUT2D eigenvalue weighted by atomic mass is 16.2. The van der Waals surface area contributed by atoms with Crippen LogP contribution in [0.3, 0.4) is 0 Å². The van der Waals surface area contributed by atoms with Gasteiger partial charge >= 0.3 is 0 Å². The summed E-state index contributed by atoms with van der Waals surface area (Å²) in [7, 11) is 3.46. The molecule has 1 amide bonds. The molecule has 0 radical (unpaired) electrons. The SMILES string of the molecule is Cc1ccc(C)n2cc(C(=O)N(C)C)nc12. The minimum Gasteiger partial charge on any atom is -0.343 e. The largest absolute Gasteiger partial charge is 0.343 e. The van der Waals surface area contributed by atoms with Crippen molar-refractivity contribution in [1.29, 1.82) is 0 Å². The maximum absolute atomic E-state index is 11.8. The number of pyridine rings is 1. The Hall–Kier alpha value is -1.84. The van der Waals surface area contributed by atoms with Gasteiger partial charge in [-0.15, -0.1) is 0 Å². The summed E-state index contributed by atoms with van der Waals surface area (Å²) in [6.45, 7) is 3.99. The van der Waals surface area contributed by atoms with Gasteiger partial charge in [-0.05, 0) is 25.5 Å². The highest BCUT2D eigenvalue weighted by molar-refractivity contribution is 5.92. The maximum Gasteiger partial charge on any atom is 0.273 e. The number of imidazole rings is 1. The fourth-order valence-corrected chi connectivity index (χ4v) is 1.66. The molecule has 2 rings (SSSR count). The fraction of sp³-hybridized carbons (Fsp3) is 0.333. The van der Waals surface area contributed by atoms with E-state index in [0.717, 1.165) is 16.9 Å². The lowest BCUT2D eigenvalue weighted by Gasteiger charge is -2.06. The number of amides is 1. The topological polar surface area (TPSA) is 37.6 Å². The maximum atomic E-state index is 11.8. The Morgan fingerprint density at radius 2 is 2.00 bits per heavy atom. The molecule has 0 saturated heterocycles. The number of nitrogens with zero attached hydrogens (tertiary/aromatic N) is 3. The van der Waals surface area contributed by atoms with Gasteiger partial charge in [0.15, 0.2) is 0 Å². The van der Waals surface area contributed by atoms with Gasteiger partial charge in [-0.2, -0.15) is 0 Å². The Morgan fingerprint density at radius 1 is 1.31 bits per heavy atom. The number of carbonyl (C=O) groups is 1. The average molecular weight is 217 g/mol. The molecule has 0 fully saturated rings. The molecule has 84 valence electrons. The number of fused-ring (bicyclic) bond motifs is 1. The molecule has 4 heteroatoms. The Morgan fingerprint density at radius 3 is 2.56 bits per heavy atom. The van der Waals surface area contributed by atoms with E-state index in [1.807, 2.05) is 30.4 Å². The Balaban J connectivity index is 2.64. The van der Waals surface area contributed by atoms with E-state index in [1.54, 1.807) is 20.3 Å². The van der Waals surface area contributed by atoms with Crippen LogP contribution in [0.15, 0.2) is 18.3 Å². The zero-order chi connectivity index (χ0) is 11.9. The van der Waals surface area contributed by atoms with E-state index >= 15 is 0 Å². The van der Waals surface area contributed by atoms with Crippen molar-refractivity contribution in [2.24, 2.45) is 0 Å². The molecule has 2 aromatic heterocycles. The van der Waals surface area contributed by atoms with Crippen LogP contribution in [0.4, 0.5) is 0 Å². The summed E-state index contributed by atoms with van der Waals surface area (Å²) in [6.07, 6.45) is 1.79. The van der Waals surface area contributed by atoms with Crippen LogP contribution in [0.5, 0.6) is 0 Å². The van der Waals surface area contributed by atoms with Crippen molar-refractivity contribution in [3.05, 3.63) is 35.3 Å². The molecular weight excluding hydrogens is 202 g/mol. The Bertz CT molecular complexity index is 516. The van der Waals surface area contributed by atoms with E-state index in [1.165, 1.54) is 4.90 Å². The normalized spacial score (nSPS) is 10.8. The summed E-state index contributed by atoms with van der Waals surface area (Å²) in [5.41, 5.74) is 3.49. The lowest BCUT2D eigenvalue weighted by molar-refractivity contribution is 0.0822. The van der Waals surface area contributed by atoms with Gasteiger partial charge in [0.2, 0.25) is 0 Å². The van der Waals surface area contributed by atoms with Crippen molar-refractivity contribution in [2.75, 3.05) is 14.1 Å². The van der Waals surface area contributed by atoms with Gasteiger partial charge in [0.05, 0.1) is 0 Å². The molecule has 4 nitrogen and oxygen atoms in total. The van der Waals surface area contributed by atoms with E-state index in [0.29, 0.717) is 5.69 Å². The van der Waals surface area contributed by atoms with Gasteiger partial charge in [0.25, 0.3) is 5.91 Å². The molecular formula is C12H15N3O. The lowest BCUT2D eigenvalue weighted by atomic mass is 10.2. The number of carbonyl (C=O) groups excluding carboxylic acids is 1. The highest BCUT2D eigenvalue weighted by Gasteiger charge is 2.13. The highest BCUT2D eigenvalue weighted by Crippen LogP contribution is 2.13. The second-order valence-electron chi connectivity index (χ2n) is 4.18. The summed E-state index contributed by atoms with van der Waals surface area (Å²) in [5.74, 6) is -0.0671. The fourth-order valence-electron chi connectivity index (χ4n) is 1.66. The molecule has 2 heterocycles. The quantitative estimate of drug-likeness (QED) is 0.728. The predicted molar refractivity (Wildman–Crippen MR) is 62.7 cm³/mol. The molecule has 16 heavy (non-hydrogen) atoms. The summed E-state index contributed by atoms with van der Waals surface area (Å²) >= 11 is 0. The van der Waals surface area contributed by atoms with Crippen LogP contribution < -0.4 is 0 Å². The van der Waals surface area contributed by atoms with Gasteiger partial charge in [-0.1, -0.05) is 6.07 Å². The van der Waals surface area contributed by atoms with Gasteiger partial charge < -0.3 is 9.30 Å². The van der Waals surface area contributed by atoms with Crippen LogP contribution in [0.25, 0.3) is 5.65 Å². The van der Waals surface area contributed by atoms with Crippen LogP contribution in [-0.4, -0.2) is 34.3 Å². The van der Waals surface area contributed by atoms with Crippen LogP contribution in [0.2, 0.25) is 0 Å². The van der Waals surface area contributed by atoms with Crippen LogP contribution in [0, 0.1) is 13.8 Å². The third kappa shape index (κ3) is 1.56. The van der Waals surface area contributed by atoms with E-state index in [4.69, 9.17) is 0 Å². The predicted octanol–water partition coefficient (Wildman–Crippen LogP) is 1.65. The smallest absolute Gasteiger partial charge is 0.273 e. The first kappa shape index (κ1) is 10.7. The van der Waals surface area contributed by atoms with E-state index < -0.39 is 0 Å². The van der Waals surface area contributed by atoms with Gasteiger partial charge in [-0.25, -0.2) is 4.98 Å². The van der Waals surface area contributed by atoms with E-state index in [-0.39, 0.29) is 5.91 Å². The molecule has 0 atom stereocenters. The summed E-state index contributed by atoms with van der Waals surface area (Å²) < 4.78 is 1.95. The molecule has 0 aliphatic rings. The van der Waals surface area contributed by atoms with Crippen molar-refractivity contribution in [1.82, 2.24) is 14.3 Å².